The maximum absolute atomic E-state index is 12.8. The Hall–Kier alpha value is -3.75. The highest BCUT2D eigenvalue weighted by Gasteiger charge is 2.25. The number of nitrogens with zero attached hydrogens (tertiary/aromatic N) is 1. The van der Waals surface area contributed by atoms with Gasteiger partial charge in [0, 0.05) is 19.3 Å². The molecule has 0 fully saturated rings. The van der Waals surface area contributed by atoms with E-state index in [0.717, 1.165) is 103 Å². The first-order valence-corrected chi connectivity index (χ1v) is 25.3. The summed E-state index contributed by atoms with van der Waals surface area (Å²) in [7, 11) is 5.39. The summed E-state index contributed by atoms with van der Waals surface area (Å²) in [6.45, 7) is 4.48. The Bertz CT molecular complexity index is 1360. The lowest BCUT2D eigenvalue weighted by Gasteiger charge is -2.34. The fraction of sp³-hybridized carbons (Fsp3) is 0.661. The average molecular weight is 892 g/mol. The number of allylic oxidation sites excluding steroid dienone is 16. The Morgan fingerprint density at radius 2 is 0.875 bits per heavy atom. The number of carbonyl (C=O) groups excluding carboxylic acids is 3. The van der Waals surface area contributed by atoms with E-state index >= 15 is 0 Å². The number of ether oxygens (including phenoxy) is 3. The van der Waals surface area contributed by atoms with Gasteiger partial charge in [-0.3, -0.25) is 9.59 Å². The Balaban J connectivity index is 4.36. The lowest BCUT2D eigenvalue weighted by atomic mass is 10.1. The molecule has 0 aromatic rings. The van der Waals surface area contributed by atoms with Crippen LogP contribution in [0.1, 0.15) is 187 Å². The van der Waals surface area contributed by atoms with Gasteiger partial charge in [0.2, 0.25) is 0 Å². The molecule has 0 aliphatic heterocycles. The van der Waals surface area contributed by atoms with E-state index in [0.29, 0.717) is 6.42 Å². The highest BCUT2D eigenvalue weighted by Crippen LogP contribution is 2.13. The van der Waals surface area contributed by atoms with Crippen molar-refractivity contribution in [2.45, 2.75) is 199 Å². The van der Waals surface area contributed by atoms with Crippen LogP contribution in [0.4, 0.5) is 0 Å². The monoisotopic (exact) mass is 892 g/mol. The Morgan fingerprint density at radius 3 is 1.30 bits per heavy atom. The molecule has 64 heavy (non-hydrogen) atoms. The van der Waals surface area contributed by atoms with Crippen molar-refractivity contribution < 1.29 is 38.2 Å². The zero-order valence-electron chi connectivity index (χ0n) is 41.4. The van der Waals surface area contributed by atoms with Gasteiger partial charge in [-0.1, -0.05) is 169 Å². The van der Waals surface area contributed by atoms with Crippen LogP contribution < -0.4 is 5.11 Å². The molecule has 0 spiro atoms. The molecule has 2 atom stereocenters. The van der Waals surface area contributed by atoms with Gasteiger partial charge in [-0.05, 0) is 96.3 Å². The van der Waals surface area contributed by atoms with Gasteiger partial charge in [-0.15, -0.1) is 0 Å². The number of aliphatic carboxylic acids is 1. The van der Waals surface area contributed by atoms with Crippen molar-refractivity contribution in [3.63, 3.8) is 0 Å². The van der Waals surface area contributed by atoms with Gasteiger partial charge < -0.3 is 28.6 Å². The summed E-state index contributed by atoms with van der Waals surface area (Å²) in [6.07, 6.45) is 61.4. The fourth-order valence-electron chi connectivity index (χ4n) is 6.81. The highest BCUT2D eigenvalue weighted by molar-refractivity contribution is 5.70. The smallest absolute Gasteiger partial charge is 0.306 e. The first-order valence-electron chi connectivity index (χ1n) is 25.3. The summed E-state index contributed by atoms with van der Waals surface area (Å²) in [4.78, 5) is 37.0. The van der Waals surface area contributed by atoms with Gasteiger partial charge in [0.1, 0.15) is 12.6 Å². The summed E-state index contributed by atoms with van der Waals surface area (Å²) < 4.78 is 17.2. The third-order valence-electron chi connectivity index (χ3n) is 10.7. The SMILES string of the molecule is CC/C=C/C/C=C/C/C=C/C/C=C/C/C=C/C/C=C/CCCCCCC(=O)OC(COCCC(C(=O)[O-])[N+](C)(C)C)COC(=O)CCCCCCCCC/C=C/C/C=C/CCCCC. The third kappa shape index (κ3) is 43.5. The number of unbranched alkanes of at least 4 members (excludes halogenated alkanes) is 14. The Kier molecular flexibility index (Phi) is 43.1. The van der Waals surface area contributed by atoms with Gasteiger partial charge in [-0.2, -0.15) is 0 Å². The van der Waals surface area contributed by atoms with E-state index in [1.807, 2.05) is 0 Å². The van der Waals surface area contributed by atoms with Gasteiger partial charge in [0.25, 0.3) is 0 Å². The van der Waals surface area contributed by atoms with Crippen LogP contribution in [0.5, 0.6) is 0 Å². The summed E-state index contributed by atoms with van der Waals surface area (Å²) in [6, 6.07) is -0.738. The van der Waals surface area contributed by atoms with E-state index in [1.165, 1.54) is 51.4 Å². The number of esters is 2. The summed E-state index contributed by atoms with van der Waals surface area (Å²) in [5, 5.41) is 11.7. The van der Waals surface area contributed by atoms with E-state index in [9.17, 15) is 19.5 Å². The molecule has 0 heterocycles. The van der Waals surface area contributed by atoms with Crippen LogP contribution >= 0.6 is 0 Å². The largest absolute Gasteiger partial charge is 0.544 e. The normalized spacial score (nSPS) is 13.7. The fourth-order valence-corrected chi connectivity index (χ4v) is 6.81. The van der Waals surface area contributed by atoms with Crippen LogP contribution in [0, 0.1) is 0 Å². The van der Waals surface area contributed by atoms with Crippen LogP contribution in [0.2, 0.25) is 0 Å². The third-order valence-corrected chi connectivity index (χ3v) is 10.7. The molecule has 0 aliphatic rings. The Morgan fingerprint density at radius 1 is 0.484 bits per heavy atom. The first-order chi connectivity index (χ1) is 31.1. The van der Waals surface area contributed by atoms with Gasteiger partial charge in [0.15, 0.2) is 6.10 Å². The molecular weight excluding hydrogens is 799 g/mol. The Labute approximate surface area is 392 Å². The van der Waals surface area contributed by atoms with Crippen molar-refractivity contribution >= 4 is 17.9 Å². The molecule has 0 aromatic carbocycles. The van der Waals surface area contributed by atoms with Gasteiger partial charge >= 0.3 is 11.9 Å². The summed E-state index contributed by atoms with van der Waals surface area (Å²) in [5.41, 5.74) is 0. The molecule has 8 heteroatoms. The van der Waals surface area contributed by atoms with Crippen molar-refractivity contribution in [2.75, 3.05) is 41.0 Å². The first kappa shape index (κ1) is 60.2. The van der Waals surface area contributed by atoms with Crippen molar-refractivity contribution in [3.05, 3.63) is 97.2 Å². The molecule has 0 saturated heterocycles. The number of carboxylic acid groups (broad SMARTS) is 1. The van der Waals surface area contributed by atoms with E-state index in [1.54, 1.807) is 21.1 Å². The lowest BCUT2D eigenvalue weighted by Crippen LogP contribution is -2.55. The number of carbonyl (C=O) groups is 3. The van der Waals surface area contributed by atoms with E-state index < -0.39 is 18.1 Å². The molecule has 0 aromatic heterocycles. The minimum absolute atomic E-state index is 0.0217. The highest BCUT2D eigenvalue weighted by atomic mass is 16.6. The quantitative estimate of drug-likeness (QED) is 0.0260. The predicted octanol–water partition coefficient (Wildman–Crippen LogP) is 13.3. The molecule has 8 nitrogen and oxygen atoms in total. The summed E-state index contributed by atoms with van der Waals surface area (Å²) in [5.74, 6) is -1.79. The van der Waals surface area contributed by atoms with Crippen molar-refractivity contribution in [1.29, 1.82) is 0 Å². The van der Waals surface area contributed by atoms with Crippen LogP contribution in [-0.4, -0.2) is 75.5 Å². The molecular formula is C56H93NO7. The maximum atomic E-state index is 12.8. The second-order valence-electron chi connectivity index (χ2n) is 17.7. The topological polar surface area (TPSA) is 102 Å². The van der Waals surface area contributed by atoms with Crippen LogP contribution in [0.15, 0.2) is 97.2 Å². The van der Waals surface area contributed by atoms with Crippen molar-refractivity contribution in [3.8, 4) is 0 Å². The van der Waals surface area contributed by atoms with Crippen LogP contribution in [0.3, 0.4) is 0 Å². The molecule has 0 aliphatic carbocycles. The molecule has 0 rings (SSSR count). The number of hydrogen-bond donors (Lipinski definition) is 0. The molecule has 364 valence electrons. The average Bonchev–Trinajstić information content (AvgIpc) is 3.26. The summed E-state index contributed by atoms with van der Waals surface area (Å²) >= 11 is 0. The number of hydrogen-bond acceptors (Lipinski definition) is 7. The number of carboxylic acids is 1. The van der Waals surface area contributed by atoms with E-state index in [2.05, 4.69) is 111 Å². The van der Waals surface area contributed by atoms with E-state index in [4.69, 9.17) is 14.2 Å². The lowest BCUT2D eigenvalue weighted by molar-refractivity contribution is -0.889. The second-order valence-corrected chi connectivity index (χ2v) is 17.7. The minimum Gasteiger partial charge on any atom is -0.544 e. The minimum atomic E-state index is -1.13. The molecule has 0 amide bonds. The molecule has 0 bridgehead atoms. The molecule has 0 N–H and O–H groups in total. The standard InChI is InChI=1S/C56H93NO7/c1-6-8-10-12-14-16-18-20-22-24-25-26-27-28-29-31-33-35-37-39-41-43-45-47-55(59)64-52(50-62-49-48-53(56(60)61)57(3,4)5)51-63-54(58)46-44-42-40-38-36-34-32-30-23-21-19-17-15-13-11-9-7-2/h8,10,14-17,20-23,25-26,28-29,33,35,52-53H,6-7,9,11-13,18-19,24,27,30-32,34,36-51H2,1-5H3/b10-8+,16-14+,17-15+,22-20+,23-21+,26-25+,29-28+,35-33+. The molecule has 0 saturated carbocycles. The number of rotatable bonds is 44. The van der Waals surface area contributed by atoms with Gasteiger partial charge in [-0.25, -0.2) is 0 Å². The maximum Gasteiger partial charge on any atom is 0.306 e. The number of quaternary nitrogens is 1. The van der Waals surface area contributed by atoms with E-state index in [-0.39, 0.29) is 49.1 Å². The predicted molar refractivity (Wildman–Crippen MR) is 268 cm³/mol. The molecule has 2 unspecified atom stereocenters. The van der Waals surface area contributed by atoms with Crippen molar-refractivity contribution in [1.82, 2.24) is 0 Å². The molecule has 0 radical (unpaired) electrons. The zero-order chi connectivity index (χ0) is 47.0. The van der Waals surface area contributed by atoms with Crippen LogP contribution in [-0.2, 0) is 28.6 Å². The van der Waals surface area contributed by atoms with Crippen LogP contribution in [0.25, 0.3) is 0 Å². The number of likely N-dealkylation sites (N-methyl/N-ethyl adjacent to an activating group) is 1. The van der Waals surface area contributed by atoms with Crippen molar-refractivity contribution in [2.24, 2.45) is 0 Å². The van der Waals surface area contributed by atoms with Gasteiger partial charge in [0.05, 0.1) is 40.3 Å². The second kappa shape index (κ2) is 45.8. The zero-order valence-corrected chi connectivity index (χ0v) is 41.4.